The van der Waals surface area contributed by atoms with Gasteiger partial charge in [-0.25, -0.2) is 0 Å². The normalized spacial score (nSPS) is 21.6. The van der Waals surface area contributed by atoms with Gasteiger partial charge in [0.1, 0.15) is 5.76 Å². The van der Waals surface area contributed by atoms with Gasteiger partial charge in [0.15, 0.2) is 0 Å². The summed E-state index contributed by atoms with van der Waals surface area (Å²) in [4.78, 5) is 0. The first-order chi connectivity index (χ1) is 6.37. The maximum absolute atomic E-state index is 5.86. The number of thioether (sulfide) groups is 1. The van der Waals surface area contributed by atoms with Crippen LogP contribution in [0.15, 0.2) is 22.8 Å². The lowest BCUT2D eigenvalue weighted by Gasteiger charge is -2.33. The Kier molecular flexibility index (Phi) is 2.65. The Morgan fingerprint density at radius 2 is 2.23 bits per heavy atom. The molecule has 0 spiro atoms. The fraction of sp³-hybridized carbons (Fsp3) is 0.600. The summed E-state index contributed by atoms with van der Waals surface area (Å²) in [7, 11) is 0. The predicted molar refractivity (Wildman–Crippen MR) is 56.0 cm³/mol. The van der Waals surface area contributed by atoms with Gasteiger partial charge in [0.25, 0.3) is 0 Å². The van der Waals surface area contributed by atoms with E-state index in [1.807, 2.05) is 17.8 Å². The van der Waals surface area contributed by atoms with Crippen LogP contribution in [0.5, 0.6) is 0 Å². The summed E-state index contributed by atoms with van der Waals surface area (Å²) in [6.07, 6.45) is 4.05. The summed E-state index contributed by atoms with van der Waals surface area (Å²) in [5, 5.41) is 0. The Balaban J connectivity index is 2.23. The molecule has 13 heavy (non-hydrogen) atoms. The molecule has 1 aromatic heterocycles. The minimum atomic E-state index is 0.134. The zero-order valence-electron chi connectivity index (χ0n) is 7.66. The van der Waals surface area contributed by atoms with Crippen molar-refractivity contribution in [3.63, 3.8) is 0 Å². The van der Waals surface area contributed by atoms with E-state index in [1.54, 1.807) is 6.26 Å². The van der Waals surface area contributed by atoms with Gasteiger partial charge in [-0.3, -0.25) is 0 Å². The van der Waals surface area contributed by atoms with Gasteiger partial charge >= 0.3 is 0 Å². The molecule has 1 fully saturated rings. The van der Waals surface area contributed by atoms with Crippen molar-refractivity contribution in [2.24, 2.45) is 5.73 Å². The summed E-state index contributed by atoms with van der Waals surface area (Å²) in [5.41, 5.74) is 5.99. The summed E-state index contributed by atoms with van der Waals surface area (Å²) in [6.45, 7) is 0.709. The summed E-state index contributed by atoms with van der Waals surface area (Å²) in [6, 6.07) is 4.01. The molecule has 0 bridgehead atoms. The van der Waals surface area contributed by atoms with E-state index in [2.05, 4.69) is 6.07 Å². The molecule has 1 aliphatic heterocycles. The second-order valence-corrected chi connectivity index (χ2v) is 4.80. The minimum Gasteiger partial charge on any atom is -0.469 e. The number of hydrogen-bond donors (Lipinski definition) is 1. The van der Waals surface area contributed by atoms with Crippen LogP contribution in [0, 0.1) is 0 Å². The van der Waals surface area contributed by atoms with Gasteiger partial charge in [-0.1, -0.05) is 0 Å². The molecule has 72 valence electrons. The van der Waals surface area contributed by atoms with Crippen LogP contribution in [0.4, 0.5) is 0 Å². The summed E-state index contributed by atoms with van der Waals surface area (Å²) in [5.74, 6) is 3.49. The molecular formula is C10H15NOS. The Labute approximate surface area is 82.9 Å². The second-order valence-electron chi connectivity index (χ2n) is 3.57. The van der Waals surface area contributed by atoms with Crippen LogP contribution in [-0.4, -0.2) is 18.1 Å². The van der Waals surface area contributed by atoms with Gasteiger partial charge in [0.05, 0.1) is 6.26 Å². The van der Waals surface area contributed by atoms with Gasteiger partial charge in [-0.05, 0) is 36.5 Å². The highest BCUT2D eigenvalue weighted by Crippen LogP contribution is 2.37. The van der Waals surface area contributed by atoms with Crippen LogP contribution in [0.3, 0.4) is 0 Å². The van der Waals surface area contributed by atoms with E-state index in [9.17, 15) is 0 Å². The predicted octanol–water partition coefficient (Wildman–Crippen LogP) is 2.00. The van der Waals surface area contributed by atoms with Crippen molar-refractivity contribution in [1.29, 1.82) is 0 Å². The van der Waals surface area contributed by atoms with E-state index < -0.39 is 0 Å². The molecule has 0 aromatic carbocycles. The highest BCUT2D eigenvalue weighted by atomic mass is 32.2. The van der Waals surface area contributed by atoms with E-state index in [0.717, 1.165) is 18.6 Å². The van der Waals surface area contributed by atoms with Crippen LogP contribution in [-0.2, 0) is 5.41 Å². The molecule has 2 heterocycles. The van der Waals surface area contributed by atoms with Gasteiger partial charge in [0, 0.05) is 12.0 Å². The molecule has 2 N–H and O–H groups in total. The molecule has 2 rings (SSSR count). The van der Waals surface area contributed by atoms with Crippen LogP contribution >= 0.6 is 11.8 Å². The number of hydrogen-bond acceptors (Lipinski definition) is 3. The summed E-state index contributed by atoms with van der Waals surface area (Å²) < 4.78 is 5.48. The van der Waals surface area contributed by atoms with Gasteiger partial charge in [0.2, 0.25) is 0 Å². The van der Waals surface area contributed by atoms with Crippen LogP contribution in [0.2, 0.25) is 0 Å². The SMILES string of the molecule is NCC1(c2ccco2)CCSCC1. The van der Waals surface area contributed by atoms with Crippen LogP contribution in [0.1, 0.15) is 18.6 Å². The van der Waals surface area contributed by atoms with Crippen molar-refractivity contribution in [3.8, 4) is 0 Å². The molecule has 0 atom stereocenters. The lowest BCUT2D eigenvalue weighted by atomic mass is 9.80. The lowest BCUT2D eigenvalue weighted by molar-refractivity contribution is 0.319. The molecule has 3 heteroatoms. The topological polar surface area (TPSA) is 39.2 Å². The van der Waals surface area contributed by atoms with E-state index in [1.165, 1.54) is 11.5 Å². The molecule has 0 aliphatic carbocycles. The molecule has 2 nitrogen and oxygen atoms in total. The Morgan fingerprint density at radius 1 is 1.46 bits per heavy atom. The van der Waals surface area contributed by atoms with Crippen LogP contribution in [0.25, 0.3) is 0 Å². The van der Waals surface area contributed by atoms with Crippen molar-refractivity contribution in [3.05, 3.63) is 24.2 Å². The quantitative estimate of drug-likeness (QED) is 0.788. The van der Waals surface area contributed by atoms with Crippen LogP contribution < -0.4 is 5.73 Å². The highest BCUT2D eigenvalue weighted by Gasteiger charge is 2.35. The third-order valence-electron chi connectivity index (χ3n) is 2.88. The Bertz CT molecular complexity index is 252. The van der Waals surface area contributed by atoms with E-state index in [4.69, 9.17) is 10.2 Å². The van der Waals surface area contributed by atoms with Gasteiger partial charge in [-0.2, -0.15) is 11.8 Å². The number of nitrogens with two attached hydrogens (primary N) is 1. The van der Waals surface area contributed by atoms with Crippen molar-refractivity contribution < 1.29 is 4.42 Å². The van der Waals surface area contributed by atoms with E-state index >= 15 is 0 Å². The Morgan fingerprint density at radius 3 is 2.77 bits per heavy atom. The average molecular weight is 197 g/mol. The zero-order valence-corrected chi connectivity index (χ0v) is 8.48. The molecule has 1 aromatic rings. The lowest BCUT2D eigenvalue weighted by Crippen LogP contribution is -2.38. The van der Waals surface area contributed by atoms with Crippen molar-refractivity contribution in [2.45, 2.75) is 18.3 Å². The number of rotatable bonds is 2. The molecule has 0 unspecified atom stereocenters. The fourth-order valence-corrected chi connectivity index (χ4v) is 3.17. The second kappa shape index (κ2) is 3.76. The first-order valence-electron chi connectivity index (χ1n) is 4.69. The first-order valence-corrected chi connectivity index (χ1v) is 5.85. The Hall–Kier alpha value is -0.410. The third-order valence-corrected chi connectivity index (χ3v) is 3.87. The highest BCUT2D eigenvalue weighted by molar-refractivity contribution is 7.99. The number of furan rings is 1. The first kappa shape index (κ1) is 9.16. The maximum Gasteiger partial charge on any atom is 0.111 e. The van der Waals surface area contributed by atoms with E-state index in [-0.39, 0.29) is 5.41 Å². The van der Waals surface area contributed by atoms with Crippen molar-refractivity contribution in [2.75, 3.05) is 18.1 Å². The van der Waals surface area contributed by atoms with Gasteiger partial charge < -0.3 is 10.2 Å². The van der Waals surface area contributed by atoms with E-state index in [0.29, 0.717) is 6.54 Å². The molecule has 0 amide bonds. The average Bonchev–Trinajstić information content (AvgIpc) is 2.72. The molecular weight excluding hydrogens is 182 g/mol. The monoisotopic (exact) mass is 197 g/mol. The zero-order chi connectivity index (χ0) is 9.15. The largest absolute Gasteiger partial charge is 0.469 e. The standard InChI is InChI=1S/C10H15NOS/c11-8-10(3-6-13-7-4-10)9-2-1-5-12-9/h1-2,5H,3-4,6-8,11H2. The molecule has 1 aliphatic rings. The fourth-order valence-electron chi connectivity index (χ4n) is 1.89. The van der Waals surface area contributed by atoms with Crippen molar-refractivity contribution >= 4 is 11.8 Å². The maximum atomic E-state index is 5.86. The smallest absolute Gasteiger partial charge is 0.111 e. The molecule has 1 saturated heterocycles. The molecule has 0 saturated carbocycles. The van der Waals surface area contributed by atoms with Gasteiger partial charge in [-0.15, -0.1) is 0 Å². The molecule has 0 radical (unpaired) electrons. The third kappa shape index (κ3) is 1.63. The van der Waals surface area contributed by atoms with Crippen molar-refractivity contribution in [1.82, 2.24) is 0 Å². The summed E-state index contributed by atoms with van der Waals surface area (Å²) >= 11 is 2.01. The minimum absolute atomic E-state index is 0.134.